The van der Waals surface area contributed by atoms with Crippen LogP contribution in [0.15, 0.2) is 24.3 Å². The van der Waals surface area contributed by atoms with E-state index in [0.717, 1.165) is 19.3 Å². The number of nitrogens with one attached hydrogen (secondary N) is 2. The quantitative estimate of drug-likeness (QED) is 0.524. The van der Waals surface area contributed by atoms with E-state index < -0.39 is 0 Å². The van der Waals surface area contributed by atoms with Crippen molar-refractivity contribution in [2.45, 2.75) is 60.3 Å². The molecule has 2 N–H and O–H groups in total. The third kappa shape index (κ3) is 11.4. The molecule has 7 heteroatoms. The van der Waals surface area contributed by atoms with Crippen LogP contribution in [0.4, 0.5) is 5.69 Å². The molecule has 174 valence electrons. The Labute approximate surface area is 186 Å². The van der Waals surface area contributed by atoms with Gasteiger partial charge in [0.1, 0.15) is 5.75 Å². The third-order valence-corrected chi connectivity index (χ3v) is 4.77. The van der Waals surface area contributed by atoms with E-state index in [2.05, 4.69) is 45.3 Å². The monoisotopic (exact) mass is 433 g/mol. The summed E-state index contributed by atoms with van der Waals surface area (Å²) in [5, 5.41) is 5.33. The molecule has 0 aliphatic rings. The molecule has 0 aliphatic carbocycles. The smallest absolute Gasteiger partial charge is 0.243 e. The average Bonchev–Trinajstić information content (AvgIpc) is 2.68. The fourth-order valence-electron chi connectivity index (χ4n) is 3.47. The number of amides is 3. The number of ether oxygens (including phenoxy) is 1. The van der Waals surface area contributed by atoms with Gasteiger partial charge in [-0.15, -0.1) is 0 Å². The summed E-state index contributed by atoms with van der Waals surface area (Å²) >= 11 is 0. The van der Waals surface area contributed by atoms with Crippen LogP contribution in [0, 0.1) is 11.3 Å². The lowest BCUT2D eigenvalue weighted by Gasteiger charge is -2.26. The zero-order valence-corrected chi connectivity index (χ0v) is 19.9. The molecular weight excluding hydrogens is 394 g/mol. The number of rotatable bonds is 12. The minimum atomic E-state index is -0.335. The number of hydrogen-bond donors (Lipinski definition) is 2. The first kappa shape index (κ1) is 26.5. The second kappa shape index (κ2) is 13.0. The largest absolute Gasteiger partial charge is 0.497 e. The van der Waals surface area contributed by atoms with Crippen LogP contribution in [0.25, 0.3) is 0 Å². The Hall–Kier alpha value is -2.57. The summed E-state index contributed by atoms with van der Waals surface area (Å²) in [5.41, 5.74) is 0.774. The molecule has 0 unspecified atom stereocenters. The van der Waals surface area contributed by atoms with Crippen LogP contribution in [0.3, 0.4) is 0 Å². The third-order valence-electron chi connectivity index (χ3n) is 4.77. The van der Waals surface area contributed by atoms with Crippen molar-refractivity contribution >= 4 is 23.4 Å². The zero-order valence-electron chi connectivity index (χ0n) is 19.9. The van der Waals surface area contributed by atoms with Crippen LogP contribution in [0.2, 0.25) is 0 Å². The van der Waals surface area contributed by atoms with E-state index in [1.54, 1.807) is 36.3 Å². The summed E-state index contributed by atoms with van der Waals surface area (Å²) in [7, 11) is 1.57. The standard InChI is InChI=1S/C24H39N3O4/c1-7-8-13-27(23(30)14-18(2)15-24(3,4)5)17-22(29)25-16-21(28)26-19-9-11-20(31-6)12-10-19/h9-12,18H,7-8,13-17H2,1-6H3,(H,25,29)(H,26,28)/t18-/m0/s1. The van der Waals surface area contributed by atoms with Crippen LogP contribution < -0.4 is 15.4 Å². The summed E-state index contributed by atoms with van der Waals surface area (Å²) in [6.07, 6.45) is 3.14. The summed E-state index contributed by atoms with van der Waals surface area (Å²) in [4.78, 5) is 38.9. The lowest BCUT2D eigenvalue weighted by molar-refractivity contribution is -0.137. The van der Waals surface area contributed by atoms with Gasteiger partial charge in [0.15, 0.2) is 0 Å². The van der Waals surface area contributed by atoms with Gasteiger partial charge in [0.25, 0.3) is 0 Å². The number of hydrogen-bond acceptors (Lipinski definition) is 4. The van der Waals surface area contributed by atoms with Crippen LogP contribution in [-0.2, 0) is 14.4 Å². The van der Waals surface area contributed by atoms with Gasteiger partial charge < -0.3 is 20.3 Å². The second-order valence-electron chi connectivity index (χ2n) is 9.30. The van der Waals surface area contributed by atoms with Crippen LogP contribution in [-0.4, -0.2) is 49.4 Å². The van der Waals surface area contributed by atoms with Crippen LogP contribution in [0.5, 0.6) is 5.75 Å². The van der Waals surface area contributed by atoms with Gasteiger partial charge in [-0.05, 0) is 48.4 Å². The Bertz CT molecular complexity index is 711. The predicted octanol–water partition coefficient (Wildman–Crippen LogP) is 3.84. The number of anilines is 1. The number of carbonyl (C=O) groups excluding carboxylic acids is 3. The maximum absolute atomic E-state index is 12.8. The molecular formula is C24H39N3O4. The second-order valence-corrected chi connectivity index (χ2v) is 9.30. The molecule has 0 heterocycles. The number of unbranched alkanes of at least 4 members (excludes halogenated alkanes) is 1. The molecule has 0 saturated heterocycles. The highest BCUT2D eigenvalue weighted by Crippen LogP contribution is 2.26. The molecule has 1 rings (SSSR count). The molecule has 0 radical (unpaired) electrons. The Balaban J connectivity index is 2.53. The normalized spacial score (nSPS) is 12.1. The highest BCUT2D eigenvalue weighted by molar-refractivity contribution is 5.95. The molecule has 1 aromatic rings. The van der Waals surface area contributed by atoms with E-state index in [4.69, 9.17) is 4.74 Å². The molecule has 31 heavy (non-hydrogen) atoms. The first-order valence-corrected chi connectivity index (χ1v) is 11.0. The molecule has 7 nitrogen and oxygen atoms in total. The van der Waals surface area contributed by atoms with Crippen molar-refractivity contribution in [3.63, 3.8) is 0 Å². The fourth-order valence-corrected chi connectivity index (χ4v) is 3.47. The molecule has 3 amide bonds. The summed E-state index contributed by atoms with van der Waals surface area (Å²) in [6.45, 7) is 11.0. The van der Waals surface area contributed by atoms with Crippen molar-refractivity contribution in [2.75, 3.05) is 32.1 Å². The molecule has 1 atom stereocenters. The molecule has 0 spiro atoms. The first-order chi connectivity index (χ1) is 14.5. The average molecular weight is 434 g/mol. The molecule has 0 aliphatic heterocycles. The van der Waals surface area contributed by atoms with E-state index in [1.165, 1.54) is 0 Å². The van der Waals surface area contributed by atoms with E-state index in [9.17, 15) is 14.4 Å². The van der Waals surface area contributed by atoms with Gasteiger partial charge in [0.2, 0.25) is 17.7 Å². The number of benzene rings is 1. The summed E-state index contributed by atoms with van der Waals surface area (Å²) < 4.78 is 5.08. The highest BCUT2D eigenvalue weighted by Gasteiger charge is 2.22. The van der Waals surface area contributed by atoms with Gasteiger partial charge in [-0.2, -0.15) is 0 Å². The maximum Gasteiger partial charge on any atom is 0.243 e. The molecule has 0 aromatic heterocycles. The lowest BCUT2D eigenvalue weighted by Crippen LogP contribution is -2.43. The van der Waals surface area contributed by atoms with E-state index in [1.807, 2.05) is 0 Å². The molecule has 0 bridgehead atoms. The fraction of sp³-hybridized carbons (Fsp3) is 0.625. The minimum absolute atomic E-state index is 0.0111. The van der Waals surface area contributed by atoms with Crippen molar-refractivity contribution in [3.05, 3.63) is 24.3 Å². The number of nitrogens with zero attached hydrogens (tertiary/aromatic N) is 1. The van der Waals surface area contributed by atoms with E-state index in [0.29, 0.717) is 24.4 Å². The molecule has 1 aromatic carbocycles. The topological polar surface area (TPSA) is 87.7 Å². The van der Waals surface area contributed by atoms with Crippen molar-refractivity contribution < 1.29 is 19.1 Å². The van der Waals surface area contributed by atoms with Crippen LogP contribution >= 0.6 is 0 Å². The Morgan fingerprint density at radius 3 is 2.29 bits per heavy atom. The van der Waals surface area contributed by atoms with Crippen molar-refractivity contribution in [1.29, 1.82) is 0 Å². The first-order valence-electron chi connectivity index (χ1n) is 11.0. The summed E-state index contributed by atoms with van der Waals surface area (Å²) in [6, 6.07) is 6.93. The SMILES string of the molecule is CCCCN(CC(=O)NCC(=O)Nc1ccc(OC)cc1)C(=O)C[C@H](C)CC(C)(C)C. The van der Waals surface area contributed by atoms with Crippen molar-refractivity contribution in [3.8, 4) is 5.75 Å². The van der Waals surface area contributed by atoms with Gasteiger partial charge in [0, 0.05) is 18.7 Å². The van der Waals surface area contributed by atoms with Gasteiger partial charge in [-0.1, -0.05) is 41.0 Å². The van der Waals surface area contributed by atoms with Gasteiger partial charge in [0.05, 0.1) is 20.2 Å². The predicted molar refractivity (Wildman–Crippen MR) is 124 cm³/mol. The molecule has 0 saturated carbocycles. The van der Waals surface area contributed by atoms with Crippen molar-refractivity contribution in [2.24, 2.45) is 11.3 Å². The minimum Gasteiger partial charge on any atom is -0.497 e. The number of methoxy groups -OCH3 is 1. The van der Waals surface area contributed by atoms with Crippen LogP contribution in [0.1, 0.15) is 60.3 Å². The lowest BCUT2D eigenvalue weighted by atomic mass is 9.84. The van der Waals surface area contributed by atoms with E-state index in [-0.39, 0.29) is 42.1 Å². The van der Waals surface area contributed by atoms with Gasteiger partial charge >= 0.3 is 0 Å². The zero-order chi connectivity index (χ0) is 23.4. The Kier molecular flexibility index (Phi) is 11.1. The van der Waals surface area contributed by atoms with E-state index >= 15 is 0 Å². The molecule has 0 fully saturated rings. The van der Waals surface area contributed by atoms with Gasteiger partial charge in [-0.3, -0.25) is 14.4 Å². The Morgan fingerprint density at radius 2 is 1.74 bits per heavy atom. The Morgan fingerprint density at radius 1 is 1.10 bits per heavy atom. The summed E-state index contributed by atoms with van der Waals surface area (Å²) in [5.74, 6) is 0.263. The van der Waals surface area contributed by atoms with Gasteiger partial charge in [-0.25, -0.2) is 0 Å². The highest BCUT2D eigenvalue weighted by atomic mass is 16.5. The van der Waals surface area contributed by atoms with Crippen molar-refractivity contribution in [1.82, 2.24) is 10.2 Å². The maximum atomic E-state index is 12.8. The number of carbonyl (C=O) groups is 3.